The van der Waals surface area contributed by atoms with E-state index in [2.05, 4.69) is 37.8 Å². The van der Waals surface area contributed by atoms with Gasteiger partial charge in [-0.1, -0.05) is 42.1 Å². The molecule has 1 rings (SSSR count). The molecule has 0 spiro atoms. The highest BCUT2D eigenvalue weighted by Gasteiger charge is 1.92. The minimum Gasteiger partial charge on any atom is -0.0985 e. The molecule has 0 heteroatoms. The normalized spacial score (nSPS) is 26.4. The summed E-state index contributed by atoms with van der Waals surface area (Å²) in [4.78, 5) is 0. The van der Waals surface area contributed by atoms with Crippen LogP contribution in [0.5, 0.6) is 0 Å². The summed E-state index contributed by atoms with van der Waals surface area (Å²) in [6, 6.07) is 0. The van der Waals surface area contributed by atoms with Gasteiger partial charge < -0.3 is 0 Å². The van der Waals surface area contributed by atoms with E-state index in [1.165, 1.54) is 11.1 Å². The van der Waals surface area contributed by atoms with Gasteiger partial charge in [-0.15, -0.1) is 0 Å². The summed E-state index contributed by atoms with van der Waals surface area (Å²) in [6.45, 7) is 4.31. The lowest BCUT2D eigenvalue weighted by Crippen LogP contribution is -1.82. The molecule has 58 valence electrons. The lowest BCUT2D eigenvalue weighted by atomic mass is 10.1. The van der Waals surface area contributed by atoms with Crippen molar-refractivity contribution in [1.29, 1.82) is 0 Å². The second kappa shape index (κ2) is 4.03. The van der Waals surface area contributed by atoms with Crippen LogP contribution in [0.2, 0.25) is 0 Å². The lowest BCUT2D eigenvalue weighted by Gasteiger charge is -2.00. The van der Waals surface area contributed by atoms with Gasteiger partial charge in [0.05, 0.1) is 0 Å². The second-order valence-corrected chi connectivity index (χ2v) is 2.90. The SMILES string of the molecule is CC/C1=C/C=C(/C)CC#CC1. The Morgan fingerprint density at radius 1 is 1.27 bits per heavy atom. The van der Waals surface area contributed by atoms with Crippen molar-refractivity contribution in [2.45, 2.75) is 33.1 Å². The van der Waals surface area contributed by atoms with Gasteiger partial charge in [-0.05, 0) is 13.3 Å². The minimum absolute atomic E-state index is 0.938. The van der Waals surface area contributed by atoms with Crippen LogP contribution >= 0.6 is 0 Å². The first kappa shape index (κ1) is 8.14. The van der Waals surface area contributed by atoms with Crippen molar-refractivity contribution in [3.8, 4) is 11.8 Å². The van der Waals surface area contributed by atoms with Crippen LogP contribution < -0.4 is 0 Å². The van der Waals surface area contributed by atoms with Crippen molar-refractivity contribution < 1.29 is 0 Å². The molecule has 0 unspecified atom stereocenters. The van der Waals surface area contributed by atoms with E-state index in [0.29, 0.717) is 0 Å². The first-order valence-electron chi connectivity index (χ1n) is 4.14. The zero-order valence-corrected chi connectivity index (χ0v) is 7.28. The van der Waals surface area contributed by atoms with Crippen LogP contribution in [0, 0.1) is 11.8 Å². The van der Waals surface area contributed by atoms with Gasteiger partial charge in [-0.2, -0.15) is 0 Å². The molecule has 0 amide bonds. The fourth-order valence-electron chi connectivity index (χ4n) is 0.999. The van der Waals surface area contributed by atoms with Gasteiger partial charge in [0.15, 0.2) is 0 Å². The molecule has 0 heterocycles. The van der Waals surface area contributed by atoms with E-state index in [1.807, 2.05) is 0 Å². The van der Waals surface area contributed by atoms with Crippen LogP contribution in [-0.2, 0) is 0 Å². The highest BCUT2D eigenvalue weighted by atomic mass is 14.0. The summed E-state index contributed by atoms with van der Waals surface area (Å²) in [5.41, 5.74) is 2.81. The molecule has 1 aliphatic carbocycles. The number of hydrogen-bond acceptors (Lipinski definition) is 0. The Hall–Kier alpha value is -0.960. The van der Waals surface area contributed by atoms with Crippen molar-refractivity contribution >= 4 is 0 Å². The van der Waals surface area contributed by atoms with Crippen molar-refractivity contribution in [3.63, 3.8) is 0 Å². The highest BCUT2D eigenvalue weighted by molar-refractivity contribution is 5.26. The molecular formula is C11H14. The summed E-state index contributed by atoms with van der Waals surface area (Å²) in [6.07, 6.45) is 7.42. The molecule has 0 saturated carbocycles. The van der Waals surface area contributed by atoms with E-state index in [1.54, 1.807) is 0 Å². The summed E-state index contributed by atoms with van der Waals surface area (Å²) in [5.74, 6) is 6.30. The summed E-state index contributed by atoms with van der Waals surface area (Å²) < 4.78 is 0. The number of hydrogen-bond donors (Lipinski definition) is 0. The third-order valence-corrected chi connectivity index (χ3v) is 1.87. The highest BCUT2D eigenvalue weighted by Crippen LogP contribution is 2.10. The molecule has 0 aromatic rings. The predicted molar refractivity (Wildman–Crippen MR) is 49.1 cm³/mol. The van der Waals surface area contributed by atoms with Crippen LogP contribution in [-0.4, -0.2) is 0 Å². The topological polar surface area (TPSA) is 0 Å². The molecule has 0 aromatic heterocycles. The number of allylic oxidation sites excluding steroid dienone is 4. The Balaban J connectivity index is 2.77. The average molecular weight is 146 g/mol. The van der Waals surface area contributed by atoms with E-state index in [0.717, 1.165) is 19.3 Å². The van der Waals surface area contributed by atoms with Crippen LogP contribution in [0.1, 0.15) is 33.1 Å². The van der Waals surface area contributed by atoms with Crippen molar-refractivity contribution in [2.75, 3.05) is 0 Å². The van der Waals surface area contributed by atoms with Crippen LogP contribution in [0.25, 0.3) is 0 Å². The van der Waals surface area contributed by atoms with Gasteiger partial charge in [0.1, 0.15) is 0 Å². The maximum atomic E-state index is 3.16. The van der Waals surface area contributed by atoms with Crippen LogP contribution in [0.15, 0.2) is 23.3 Å². The van der Waals surface area contributed by atoms with E-state index in [-0.39, 0.29) is 0 Å². The number of rotatable bonds is 1. The quantitative estimate of drug-likeness (QED) is 0.499. The molecule has 0 N–H and O–H groups in total. The molecule has 0 radical (unpaired) electrons. The first-order valence-corrected chi connectivity index (χ1v) is 4.14. The van der Waals surface area contributed by atoms with E-state index in [9.17, 15) is 0 Å². The molecule has 0 saturated heterocycles. The summed E-state index contributed by atoms with van der Waals surface area (Å²) in [7, 11) is 0. The Labute approximate surface area is 69.0 Å². The third kappa shape index (κ3) is 2.63. The van der Waals surface area contributed by atoms with Crippen LogP contribution in [0.4, 0.5) is 0 Å². The van der Waals surface area contributed by atoms with Crippen molar-refractivity contribution in [3.05, 3.63) is 23.3 Å². The second-order valence-electron chi connectivity index (χ2n) is 2.90. The smallest absolute Gasteiger partial charge is 0.0302 e. The molecule has 0 aromatic carbocycles. The molecular weight excluding hydrogens is 132 g/mol. The zero-order chi connectivity index (χ0) is 8.10. The first-order chi connectivity index (χ1) is 5.33. The fraction of sp³-hybridized carbons (Fsp3) is 0.455. The van der Waals surface area contributed by atoms with Gasteiger partial charge in [-0.25, -0.2) is 0 Å². The maximum absolute atomic E-state index is 3.16. The minimum atomic E-state index is 0.938. The maximum Gasteiger partial charge on any atom is 0.0302 e. The van der Waals surface area contributed by atoms with Gasteiger partial charge in [-0.3, -0.25) is 0 Å². The Bertz CT molecular complexity index is 243. The molecule has 0 atom stereocenters. The molecule has 0 bridgehead atoms. The Morgan fingerprint density at radius 2 is 2.00 bits per heavy atom. The molecule has 0 fully saturated rings. The van der Waals surface area contributed by atoms with Crippen LogP contribution in [0.3, 0.4) is 0 Å². The van der Waals surface area contributed by atoms with Gasteiger partial charge in [0, 0.05) is 12.8 Å². The monoisotopic (exact) mass is 146 g/mol. The fourth-order valence-corrected chi connectivity index (χ4v) is 0.999. The van der Waals surface area contributed by atoms with E-state index in [4.69, 9.17) is 0 Å². The Morgan fingerprint density at radius 3 is 2.73 bits per heavy atom. The van der Waals surface area contributed by atoms with Gasteiger partial charge in [0.2, 0.25) is 0 Å². The van der Waals surface area contributed by atoms with E-state index < -0.39 is 0 Å². The molecule has 11 heavy (non-hydrogen) atoms. The zero-order valence-electron chi connectivity index (χ0n) is 7.28. The average Bonchev–Trinajstić information content (AvgIpc) is 1.98. The third-order valence-electron chi connectivity index (χ3n) is 1.87. The van der Waals surface area contributed by atoms with Crippen molar-refractivity contribution in [2.24, 2.45) is 0 Å². The Kier molecular flexibility index (Phi) is 2.98. The summed E-state index contributed by atoms with van der Waals surface area (Å²) >= 11 is 0. The predicted octanol–water partition coefficient (Wildman–Crippen LogP) is 3.07. The lowest BCUT2D eigenvalue weighted by molar-refractivity contribution is 1.04. The van der Waals surface area contributed by atoms with Gasteiger partial charge >= 0.3 is 0 Å². The van der Waals surface area contributed by atoms with Gasteiger partial charge in [0.25, 0.3) is 0 Å². The van der Waals surface area contributed by atoms with Crippen molar-refractivity contribution in [1.82, 2.24) is 0 Å². The largest absolute Gasteiger partial charge is 0.0985 e. The molecule has 1 aliphatic rings. The molecule has 0 aliphatic heterocycles. The molecule has 0 nitrogen and oxygen atoms in total. The van der Waals surface area contributed by atoms with E-state index >= 15 is 0 Å². The standard InChI is InChI=1S/C11H14/c1-3-11-7-5-4-6-10(2)8-9-11/h8-9H,3,6-7H2,1-2H3/b10-8-,11-9-. The summed E-state index contributed by atoms with van der Waals surface area (Å²) in [5, 5.41) is 0.